The van der Waals surface area contributed by atoms with E-state index in [0.29, 0.717) is 18.2 Å². The van der Waals surface area contributed by atoms with Gasteiger partial charge in [-0.2, -0.15) is 0 Å². The smallest absolute Gasteiger partial charge is 0.149 e. The second kappa shape index (κ2) is 3.80. The lowest BCUT2D eigenvalue weighted by molar-refractivity contribution is 0.470. The number of hydrogen-bond acceptors (Lipinski definition) is 1. The van der Waals surface area contributed by atoms with E-state index in [2.05, 4.69) is 19.2 Å². The van der Waals surface area contributed by atoms with Crippen LogP contribution in [0.1, 0.15) is 31.7 Å². The first-order valence-corrected chi connectivity index (χ1v) is 5.36. The Morgan fingerprint density at radius 2 is 2.20 bits per heavy atom. The minimum atomic E-state index is -0.483. The van der Waals surface area contributed by atoms with Crippen molar-refractivity contribution in [2.75, 3.05) is 11.9 Å². The Morgan fingerprint density at radius 3 is 2.87 bits per heavy atom. The summed E-state index contributed by atoms with van der Waals surface area (Å²) in [6, 6.07) is 2.39. The molecule has 0 bridgehead atoms. The predicted molar refractivity (Wildman–Crippen MR) is 57.0 cm³/mol. The van der Waals surface area contributed by atoms with Gasteiger partial charge in [0.05, 0.1) is 5.69 Å². The lowest BCUT2D eigenvalue weighted by Gasteiger charge is -2.17. The van der Waals surface area contributed by atoms with Crippen molar-refractivity contribution >= 4 is 5.69 Å². The molecule has 1 aromatic carbocycles. The summed E-state index contributed by atoms with van der Waals surface area (Å²) in [6.45, 7) is 4.92. The Morgan fingerprint density at radius 1 is 1.47 bits per heavy atom. The van der Waals surface area contributed by atoms with Crippen LogP contribution in [0.25, 0.3) is 0 Å². The highest BCUT2D eigenvalue weighted by Gasteiger charge is 2.28. The number of rotatable bonds is 2. The fraction of sp³-hybridized carbons (Fsp3) is 0.500. The molecule has 1 aliphatic heterocycles. The van der Waals surface area contributed by atoms with Gasteiger partial charge in [0.1, 0.15) is 11.6 Å². The Hall–Kier alpha value is -1.12. The van der Waals surface area contributed by atoms with Gasteiger partial charge >= 0.3 is 0 Å². The van der Waals surface area contributed by atoms with Crippen molar-refractivity contribution in [2.24, 2.45) is 5.92 Å². The number of nitrogens with one attached hydrogen (secondary N) is 1. The molecule has 0 amide bonds. The van der Waals surface area contributed by atoms with Crippen LogP contribution in [0.2, 0.25) is 0 Å². The lowest BCUT2D eigenvalue weighted by atomic mass is 9.87. The summed E-state index contributed by atoms with van der Waals surface area (Å²) < 4.78 is 26.5. The number of halogens is 2. The van der Waals surface area contributed by atoms with Crippen LogP contribution in [0, 0.1) is 17.6 Å². The highest BCUT2D eigenvalue weighted by Crippen LogP contribution is 2.39. The normalized spacial score (nSPS) is 20.9. The Kier molecular flexibility index (Phi) is 2.63. The standard InChI is InChI=1S/C12H15F2N/c1-3-7(2)10-6-15-12-9(10)4-8(13)5-11(12)14/h4-5,7,10,15H,3,6H2,1-2H3. The van der Waals surface area contributed by atoms with Crippen molar-refractivity contribution in [1.82, 2.24) is 0 Å². The maximum absolute atomic E-state index is 13.4. The van der Waals surface area contributed by atoms with Gasteiger partial charge in [-0.25, -0.2) is 8.78 Å². The molecule has 0 saturated carbocycles. The van der Waals surface area contributed by atoms with Gasteiger partial charge in [0.2, 0.25) is 0 Å². The molecule has 0 saturated heterocycles. The highest BCUT2D eigenvalue weighted by atomic mass is 19.1. The van der Waals surface area contributed by atoms with E-state index in [1.54, 1.807) is 0 Å². The van der Waals surface area contributed by atoms with E-state index in [9.17, 15) is 8.78 Å². The van der Waals surface area contributed by atoms with E-state index in [0.717, 1.165) is 18.1 Å². The zero-order valence-corrected chi connectivity index (χ0v) is 8.98. The number of hydrogen-bond donors (Lipinski definition) is 1. The fourth-order valence-corrected chi connectivity index (χ4v) is 2.19. The lowest BCUT2D eigenvalue weighted by Crippen LogP contribution is -2.11. The minimum Gasteiger partial charge on any atom is -0.382 e. The maximum atomic E-state index is 13.4. The van der Waals surface area contributed by atoms with Crippen LogP contribution in [0.5, 0.6) is 0 Å². The molecule has 2 rings (SSSR count). The van der Waals surface area contributed by atoms with Gasteiger partial charge in [-0.05, 0) is 17.5 Å². The Labute approximate surface area is 88.5 Å². The molecular formula is C12H15F2N. The molecule has 2 atom stereocenters. The molecule has 0 spiro atoms. The van der Waals surface area contributed by atoms with Crippen LogP contribution in [-0.2, 0) is 0 Å². The fourth-order valence-electron chi connectivity index (χ4n) is 2.19. The van der Waals surface area contributed by atoms with Crippen LogP contribution in [0.4, 0.5) is 14.5 Å². The van der Waals surface area contributed by atoms with Crippen LogP contribution in [0.3, 0.4) is 0 Å². The van der Waals surface area contributed by atoms with Crippen LogP contribution >= 0.6 is 0 Å². The van der Waals surface area contributed by atoms with Gasteiger partial charge in [0, 0.05) is 18.5 Å². The van der Waals surface area contributed by atoms with Crippen molar-refractivity contribution in [3.63, 3.8) is 0 Å². The number of benzene rings is 1. The molecule has 1 N–H and O–H groups in total. The molecule has 3 heteroatoms. The summed E-state index contributed by atoms with van der Waals surface area (Å²) in [4.78, 5) is 0. The molecular weight excluding hydrogens is 196 g/mol. The van der Waals surface area contributed by atoms with Gasteiger partial charge in [-0.1, -0.05) is 20.3 Å². The molecule has 1 nitrogen and oxygen atoms in total. The van der Waals surface area contributed by atoms with Gasteiger partial charge in [0.15, 0.2) is 0 Å². The quantitative estimate of drug-likeness (QED) is 0.789. The molecule has 0 fully saturated rings. The number of fused-ring (bicyclic) bond motifs is 1. The van der Waals surface area contributed by atoms with Crippen molar-refractivity contribution in [1.29, 1.82) is 0 Å². The van der Waals surface area contributed by atoms with E-state index in [4.69, 9.17) is 0 Å². The van der Waals surface area contributed by atoms with Crippen molar-refractivity contribution < 1.29 is 8.78 Å². The Bertz CT molecular complexity index is 376. The summed E-state index contributed by atoms with van der Waals surface area (Å²) in [6.07, 6.45) is 1.02. The summed E-state index contributed by atoms with van der Waals surface area (Å²) in [5.74, 6) is -0.283. The summed E-state index contributed by atoms with van der Waals surface area (Å²) in [7, 11) is 0. The first-order chi connectivity index (χ1) is 7.13. The average Bonchev–Trinajstić information content (AvgIpc) is 2.60. The van der Waals surface area contributed by atoms with E-state index >= 15 is 0 Å². The van der Waals surface area contributed by atoms with E-state index in [1.165, 1.54) is 6.07 Å². The molecule has 1 aromatic rings. The molecule has 1 heterocycles. The van der Waals surface area contributed by atoms with Gasteiger partial charge in [-0.3, -0.25) is 0 Å². The van der Waals surface area contributed by atoms with Gasteiger partial charge in [0.25, 0.3) is 0 Å². The first kappa shape index (κ1) is 10.4. The molecule has 1 aliphatic rings. The summed E-state index contributed by atoms with van der Waals surface area (Å²) >= 11 is 0. The Balaban J connectivity index is 2.41. The molecule has 0 aliphatic carbocycles. The third-order valence-corrected chi connectivity index (χ3v) is 3.31. The summed E-state index contributed by atoms with van der Waals surface area (Å²) in [5.41, 5.74) is 1.28. The maximum Gasteiger partial charge on any atom is 0.149 e. The van der Waals surface area contributed by atoms with Crippen LogP contribution in [0.15, 0.2) is 12.1 Å². The van der Waals surface area contributed by atoms with Crippen molar-refractivity contribution in [3.05, 3.63) is 29.3 Å². The second-order valence-electron chi connectivity index (χ2n) is 4.22. The first-order valence-electron chi connectivity index (χ1n) is 5.36. The topological polar surface area (TPSA) is 12.0 Å². The number of anilines is 1. The monoisotopic (exact) mass is 211 g/mol. The zero-order chi connectivity index (χ0) is 11.0. The van der Waals surface area contributed by atoms with Crippen LogP contribution < -0.4 is 5.32 Å². The third-order valence-electron chi connectivity index (χ3n) is 3.31. The average molecular weight is 211 g/mol. The predicted octanol–water partition coefficient (Wildman–Crippen LogP) is 3.52. The molecule has 0 radical (unpaired) electrons. The highest BCUT2D eigenvalue weighted by molar-refractivity contribution is 5.59. The second-order valence-corrected chi connectivity index (χ2v) is 4.22. The van der Waals surface area contributed by atoms with E-state index in [1.807, 2.05) is 0 Å². The molecule has 15 heavy (non-hydrogen) atoms. The summed E-state index contributed by atoms with van der Waals surface area (Å²) in [5, 5.41) is 3.02. The molecule has 0 aromatic heterocycles. The zero-order valence-electron chi connectivity index (χ0n) is 8.98. The third kappa shape index (κ3) is 1.71. The molecule has 82 valence electrons. The van der Waals surface area contributed by atoms with Gasteiger partial charge < -0.3 is 5.32 Å². The van der Waals surface area contributed by atoms with Crippen molar-refractivity contribution in [2.45, 2.75) is 26.2 Å². The van der Waals surface area contributed by atoms with E-state index in [-0.39, 0.29) is 5.92 Å². The van der Waals surface area contributed by atoms with E-state index < -0.39 is 11.6 Å². The van der Waals surface area contributed by atoms with Crippen LogP contribution in [-0.4, -0.2) is 6.54 Å². The van der Waals surface area contributed by atoms with Crippen molar-refractivity contribution in [3.8, 4) is 0 Å². The van der Waals surface area contributed by atoms with Gasteiger partial charge in [-0.15, -0.1) is 0 Å². The minimum absolute atomic E-state index is 0.232. The largest absolute Gasteiger partial charge is 0.382 e. The molecule has 2 unspecified atom stereocenters. The SMILES string of the molecule is CCC(C)C1CNc2c(F)cc(F)cc21.